The molecule has 5 nitrogen and oxygen atoms in total. The van der Waals surface area contributed by atoms with Crippen molar-refractivity contribution in [2.45, 2.75) is 19.8 Å². The van der Waals surface area contributed by atoms with Crippen molar-refractivity contribution in [3.05, 3.63) is 29.3 Å². The maximum absolute atomic E-state index is 5.79. The zero-order chi connectivity index (χ0) is 11.7. The molecular formula is C10H12ClN5. The summed E-state index contributed by atoms with van der Waals surface area (Å²) in [6.45, 7) is 4.02. The van der Waals surface area contributed by atoms with Crippen LogP contribution < -0.4 is 5.73 Å². The molecule has 6 heteroatoms. The van der Waals surface area contributed by atoms with Gasteiger partial charge in [0.1, 0.15) is 11.6 Å². The van der Waals surface area contributed by atoms with Crippen LogP contribution >= 0.6 is 11.6 Å². The smallest absolute Gasteiger partial charge is 0.159 e. The number of aromatic nitrogens is 4. The van der Waals surface area contributed by atoms with Gasteiger partial charge in [0.25, 0.3) is 0 Å². The molecule has 0 radical (unpaired) electrons. The van der Waals surface area contributed by atoms with Gasteiger partial charge < -0.3 is 5.73 Å². The first-order chi connectivity index (χ1) is 7.56. The molecule has 0 bridgehead atoms. The number of halogens is 1. The highest BCUT2D eigenvalue weighted by Gasteiger charge is 2.08. The Morgan fingerprint density at radius 2 is 2.12 bits per heavy atom. The maximum atomic E-state index is 5.79. The van der Waals surface area contributed by atoms with Crippen LogP contribution in [0.5, 0.6) is 0 Å². The highest BCUT2D eigenvalue weighted by Crippen LogP contribution is 2.15. The maximum Gasteiger partial charge on any atom is 0.159 e. The molecule has 2 rings (SSSR count). The van der Waals surface area contributed by atoms with Gasteiger partial charge in [0.05, 0.1) is 17.4 Å². The Kier molecular flexibility index (Phi) is 2.78. The molecule has 16 heavy (non-hydrogen) atoms. The molecule has 0 atom stereocenters. The first-order valence-electron chi connectivity index (χ1n) is 4.91. The Hall–Kier alpha value is -1.62. The van der Waals surface area contributed by atoms with E-state index in [0.717, 1.165) is 0 Å². The van der Waals surface area contributed by atoms with E-state index in [2.05, 4.69) is 15.1 Å². The molecule has 0 amide bonds. The Bertz CT molecular complexity index is 506. The predicted molar refractivity (Wildman–Crippen MR) is 62.7 cm³/mol. The van der Waals surface area contributed by atoms with Crippen LogP contribution in [0.3, 0.4) is 0 Å². The Morgan fingerprint density at radius 1 is 1.38 bits per heavy atom. The molecule has 0 aliphatic carbocycles. The van der Waals surface area contributed by atoms with Gasteiger partial charge in [-0.1, -0.05) is 25.4 Å². The minimum atomic E-state index is 0.216. The lowest BCUT2D eigenvalue weighted by atomic mass is 10.2. The van der Waals surface area contributed by atoms with Crippen molar-refractivity contribution in [3.63, 3.8) is 0 Å². The lowest BCUT2D eigenvalue weighted by molar-refractivity contribution is 0.748. The Morgan fingerprint density at radius 3 is 2.69 bits per heavy atom. The number of hydrogen-bond acceptors (Lipinski definition) is 4. The molecule has 0 unspecified atom stereocenters. The van der Waals surface area contributed by atoms with Crippen molar-refractivity contribution in [3.8, 4) is 5.82 Å². The summed E-state index contributed by atoms with van der Waals surface area (Å²) < 4.78 is 1.58. The quantitative estimate of drug-likeness (QED) is 0.868. The van der Waals surface area contributed by atoms with Crippen LogP contribution in [0.1, 0.15) is 25.6 Å². The zero-order valence-corrected chi connectivity index (χ0v) is 9.81. The third-order valence-electron chi connectivity index (χ3n) is 2.05. The summed E-state index contributed by atoms with van der Waals surface area (Å²) in [5.74, 6) is 1.97. The van der Waals surface area contributed by atoms with Crippen LogP contribution in [0.2, 0.25) is 5.02 Å². The van der Waals surface area contributed by atoms with Gasteiger partial charge in [0, 0.05) is 12.0 Å². The first kappa shape index (κ1) is 10.9. The van der Waals surface area contributed by atoms with Gasteiger partial charge in [-0.2, -0.15) is 5.10 Å². The summed E-state index contributed by atoms with van der Waals surface area (Å²) in [7, 11) is 0. The highest BCUT2D eigenvalue weighted by molar-refractivity contribution is 6.30. The van der Waals surface area contributed by atoms with Crippen LogP contribution in [0, 0.1) is 0 Å². The first-order valence-corrected chi connectivity index (χ1v) is 5.29. The minimum absolute atomic E-state index is 0.216. The van der Waals surface area contributed by atoms with Crippen LogP contribution in [-0.4, -0.2) is 19.7 Å². The number of nitrogen functional groups attached to an aromatic ring is 1. The van der Waals surface area contributed by atoms with Gasteiger partial charge in [-0.15, -0.1) is 0 Å². The lowest BCUT2D eigenvalue weighted by Crippen LogP contribution is -2.07. The molecule has 0 saturated heterocycles. The van der Waals surface area contributed by atoms with Crippen LogP contribution in [0.4, 0.5) is 5.82 Å². The van der Waals surface area contributed by atoms with Gasteiger partial charge in [-0.25, -0.2) is 14.6 Å². The van der Waals surface area contributed by atoms with Crippen LogP contribution in [-0.2, 0) is 0 Å². The zero-order valence-electron chi connectivity index (χ0n) is 9.05. The van der Waals surface area contributed by atoms with E-state index in [9.17, 15) is 0 Å². The van der Waals surface area contributed by atoms with E-state index >= 15 is 0 Å². The van der Waals surface area contributed by atoms with Crippen LogP contribution in [0.25, 0.3) is 5.82 Å². The van der Waals surface area contributed by atoms with E-state index in [-0.39, 0.29) is 5.92 Å². The number of hydrogen-bond donors (Lipinski definition) is 1. The van der Waals surface area contributed by atoms with Crippen molar-refractivity contribution in [2.75, 3.05) is 5.73 Å². The second kappa shape index (κ2) is 4.09. The second-order valence-corrected chi connectivity index (χ2v) is 4.20. The summed E-state index contributed by atoms with van der Waals surface area (Å²) in [5, 5.41) is 4.63. The summed E-state index contributed by atoms with van der Waals surface area (Å²) in [4.78, 5) is 8.53. The van der Waals surface area contributed by atoms with Gasteiger partial charge in [0.2, 0.25) is 0 Å². The number of nitrogens with two attached hydrogens (primary N) is 1. The second-order valence-electron chi connectivity index (χ2n) is 3.77. The molecule has 0 aliphatic heterocycles. The molecule has 2 heterocycles. The summed E-state index contributed by atoms with van der Waals surface area (Å²) in [5.41, 5.74) is 5.72. The van der Waals surface area contributed by atoms with E-state index in [1.165, 1.54) is 0 Å². The molecule has 0 saturated carbocycles. The van der Waals surface area contributed by atoms with Gasteiger partial charge >= 0.3 is 0 Å². The molecule has 0 aromatic carbocycles. The van der Waals surface area contributed by atoms with E-state index in [1.807, 2.05) is 13.8 Å². The van der Waals surface area contributed by atoms with Crippen molar-refractivity contribution in [1.82, 2.24) is 19.7 Å². The molecule has 0 aliphatic rings. The molecule has 2 aromatic heterocycles. The normalized spacial score (nSPS) is 11.0. The third-order valence-corrected chi connectivity index (χ3v) is 2.25. The summed E-state index contributed by atoms with van der Waals surface area (Å²) in [6, 6.07) is 1.66. The predicted octanol–water partition coefficient (Wildman–Crippen LogP) is 2.02. The van der Waals surface area contributed by atoms with Crippen LogP contribution in [0.15, 0.2) is 18.5 Å². The fourth-order valence-electron chi connectivity index (χ4n) is 1.27. The monoisotopic (exact) mass is 237 g/mol. The molecule has 0 fully saturated rings. The average Bonchev–Trinajstić information content (AvgIpc) is 2.64. The average molecular weight is 238 g/mol. The number of anilines is 1. The van der Waals surface area contributed by atoms with E-state index in [4.69, 9.17) is 17.3 Å². The highest BCUT2D eigenvalue weighted by atomic mass is 35.5. The van der Waals surface area contributed by atoms with Gasteiger partial charge in [0.15, 0.2) is 5.82 Å². The number of rotatable bonds is 2. The fourth-order valence-corrected chi connectivity index (χ4v) is 1.41. The van der Waals surface area contributed by atoms with Gasteiger partial charge in [-0.05, 0) is 0 Å². The Labute approximate surface area is 98.3 Å². The molecule has 2 aromatic rings. The molecule has 2 N–H and O–H groups in total. The van der Waals surface area contributed by atoms with E-state index in [0.29, 0.717) is 22.5 Å². The summed E-state index contributed by atoms with van der Waals surface area (Å²) >= 11 is 5.79. The summed E-state index contributed by atoms with van der Waals surface area (Å²) in [6.07, 6.45) is 3.22. The topological polar surface area (TPSA) is 69.6 Å². The lowest BCUT2D eigenvalue weighted by Gasteiger charge is -2.07. The Balaban J connectivity index is 2.49. The molecule has 0 spiro atoms. The van der Waals surface area contributed by atoms with Crippen molar-refractivity contribution in [2.24, 2.45) is 0 Å². The largest absolute Gasteiger partial charge is 0.384 e. The third kappa shape index (κ3) is 2.14. The van der Waals surface area contributed by atoms with Crippen molar-refractivity contribution >= 4 is 17.4 Å². The van der Waals surface area contributed by atoms with Crippen molar-refractivity contribution in [1.29, 1.82) is 0 Å². The molecular weight excluding hydrogens is 226 g/mol. The molecule has 84 valence electrons. The van der Waals surface area contributed by atoms with E-state index < -0.39 is 0 Å². The standard InChI is InChI=1S/C10H12ClN5/c1-6(2)10-14-8(12)3-9(15-10)16-5-7(11)4-13-16/h3-6H,1-2H3,(H2,12,14,15). The van der Waals surface area contributed by atoms with E-state index in [1.54, 1.807) is 23.1 Å². The minimum Gasteiger partial charge on any atom is -0.384 e. The number of nitrogens with zero attached hydrogens (tertiary/aromatic N) is 4. The fraction of sp³-hybridized carbons (Fsp3) is 0.300. The SMILES string of the molecule is CC(C)c1nc(N)cc(-n2cc(Cl)cn2)n1. The van der Waals surface area contributed by atoms with Crippen molar-refractivity contribution < 1.29 is 0 Å². The van der Waals surface area contributed by atoms with Gasteiger partial charge in [-0.3, -0.25) is 0 Å².